The summed E-state index contributed by atoms with van der Waals surface area (Å²) in [5.41, 5.74) is 8.79. The van der Waals surface area contributed by atoms with E-state index < -0.39 is 0 Å². The number of aryl methyl sites for hydroxylation is 1. The van der Waals surface area contributed by atoms with Crippen molar-refractivity contribution in [1.82, 2.24) is 9.13 Å². The average Bonchev–Trinajstić information content (AvgIpc) is 4.11. The molecule has 5 heteroatoms. The van der Waals surface area contributed by atoms with E-state index in [-0.39, 0.29) is 0 Å². The number of rotatable bonds is 2. The highest BCUT2D eigenvalue weighted by atomic mass is 32.1. The number of hydrogen-bond acceptors (Lipinski definition) is 3. The highest BCUT2D eigenvalue weighted by molar-refractivity contribution is 7.26. The van der Waals surface area contributed by atoms with E-state index in [1.807, 2.05) is 34.0 Å². The number of allylic oxidation sites excluding steroid dienone is 1. The van der Waals surface area contributed by atoms with Crippen LogP contribution in [-0.4, -0.2) is 9.13 Å². The number of fused-ring (bicyclic) bond motifs is 19. The zero-order chi connectivity index (χ0) is 39.5. The predicted octanol–water partition coefficient (Wildman–Crippen LogP) is 17.1. The van der Waals surface area contributed by atoms with E-state index in [0.29, 0.717) is 0 Å². The lowest BCUT2D eigenvalue weighted by atomic mass is 9.97. The van der Waals surface area contributed by atoms with Crippen LogP contribution < -0.4 is 0 Å². The van der Waals surface area contributed by atoms with Crippen LogP contribution in [0.5, 0.6) is 0 Å². The van der Waals surface area contributed by atoms with Crippen molar-refractivity contribution in [3.05, 3.63) is 174 Å². The molecule has 0 saturated heterocycles. The van der Waals surface area contributed by atoms with E-state index in [2.05, 4.69) is 179 Å². The summed E-state index contributed by atoms with van der Waals surface area (Å²) in [6.07, 6.45) is 6.99. The fourth-order valence-electron chi connectivity index (χ4n) is 10.8. The number of para-hydroxylation sites is 2. The molecule has 1 aliphatic rings. The van der Waals surface area contributed by atoms with Crippen molar-refractivity contribution in [1.29, 1.82) is 0 Å². The molecular weight excluding hydrogens is 797 g/mol. The van der Waals surface area contributed by atoms with Crippen LogP contribution in [0.2, 0.25) is 0 Å². The quantitative estimate of drug-likeness (QED) is 0.164. The van der Waals surface area contributed by atoms with Crippen molar-refractivity contribution >= 4 is 156 Å². The van der Waals surface area contributed by atoms with Gasteiger partial charge in [0.1, 0.15) is 0 Å². The lowest BCUT2D eigenvalue weighted by Gasteiger charge is -2.10. The molecule has 1 aliphatic carbocycles. The second-order valence-corrected chi connectivity index (χ2v) is 20.0. The summed E-state index contributed by atoms with van der Waals surface area (Å²) in [6.45, 7) is 0. The van der Waals surface area contributed by atoms with Gasteiger partial charge in [0.2, 0.25) is 0 Å². The Labute approximate surface area is 361 Å². The standard InChI is InChI=1S/C56H32N2S3/c1-5-13-45-35(9-1)43-29-41-31(17-23-51-55(41)39-11-3-7-15-49(39)59-51)25-47(43)57(45)33-19-21-37-38-22-20-34(28-54(38)61-53(37)27-33)58-46-14-6-2-10-36(46)44-30-42-32(26-48(44)58)18-24-52-56(42)40-12-4-8-16-50(40)60-52/h1-7,9-15,17-30H,8,16H2. The fourth-order valence-corrected chi connectivity index (χ4v) is 14.4. The number of benzene rings is 9. The van der Waals surface area contributed by atoms with Crippen molar-refractivity contribution in [2.24, 2.45) is 0 Å². The van der Waals surface area contributed by atoms with Gasteiger partial charge in [0.25, 0.3) is 0 Å². The van der Waals surface area contributed by atoms with E-state index in [1.54, 1.807) is 0 Å². The van der Waals surface area contributed by atoms with Crippen LogP contribution in [0.4, 0.5) is 0 Å². The topological polar surface area (TPSA) is 9.86 Å². The van der Waals surface area contributed by atoms with Gasteiger partial charge in [-0.05, 0) is 119 Å². The van der Waals surface area contributed by atoms with Gasteiger partial charge in [-0.3, -0.25) is 0 Å². The predicted molar refractivity (Wildman–Crippen MR) is 269 cm³/mol. The number of nitrogens with zero attached hydrogens (tertiary/aromatic N) is 2. The summed E-state index contributed by atoms with van der Waals surface area (Å²) in [7, 11) is 0. The van der Waals surface area contributed by atoms with E-state index >= 15 is 0 Å². The van der Waals surface area contributed by atoms with Gasteiger partial charge in [0, 0.05) is 88.2 Å². The van der Waals surface area contributed by atoms with Crippen LogP contribution in [0.25, 0.3) is 133 Å². The molecule has 0 atom stereocenters. The van der Waals surface area contributed by atoms with Gasteiger partial charge in [0.05, 0.1) is 22.1 Å². The highest BCUT2D eigenvalue weighted by Crippen LogP contribution is 2.46. The van der Waals surface area contributed by atoms with E-state index in [1.165, 1.54) is 137 Å². The molecule has 2 nitrogen and oxygen atoms in total. The zero-order valence-corrected chi connectivity index (χ0v) is 35.1. The molecule has 5 heterocycles. The molecule has 5 aromatic heterocycles. The molecule has 61 heavy (non-hydrogen) atoms. The maximum atomic E-state index is 2.49. The Hall–Kier alpha value is -6.76. The maximum absolute atomic E-state index is 2.49. The van der Waals surface area contributed by atoms with Crippen LogP contribution in [0.1, 0.15) is 16.9 Å². The molecule has 0 amide bonds. The van der Waals surface area contributed by atoms with Crippen molar-refractivity contribution < 1.29 is 0 Å². The summed E-state index contributed by atoms with van der Waals surface area (Å²) in [6, 6.07) is 59.9. The smallest absolute Gasteiger partial charge is 0.0547 e. The van der Waals surface area contributed by atoms with Crippen LogP contribution in [0.3, 0.4) is 0 Å². The first-order valence-electron chi connectivity index (χ1n) is 21.0. The van der Waals surface area contributed by atoms with Crippen molar-refractivity contribution in [2.45, 2.75) is 12.8 Å². The second kappa shape index (κ2) is 12.0. The largest absolute Gasteiger partial charge is 0.309 e. The Kier molecular flexibility index (Phi) is 6.47. The van der Waals surface area contributed by atoms with Crippen LogP contribution >= 0.6 is 34.0 Å². The average molecular weight is 829 g/mol. The van der Waals surface area contributed by atoms with Gasteiger partial charge in [-0.1, -0.05) is 91.0 Å². The van der Waals surface area contributed by atoms with Crippen molar-refractivity contribution in [3.8, 4) is 11.4 Å². The summed E-state index contributed by atoms with van der Waals surface area (Å²) in [5, 5.41) is 17.2. The summed E-state index contributed by atoms with van der Waals surface area (Å²) >= 11 is 5.76. The number of aromatic nitrogens is 2. The molecule has 0 spiro atoms. The molecule has 9 aromatic carbocycles. The summed E-state index contributed by atoms with van der Waals surface area (Å²) in [5.74, 6) is 0. The van der Waals surface area contributed by atoms with Gasteiger partial charge in [-0.25, -0.2) is 0 Å². The molecule has 15 rings (SSSR count). The minimum atomic E-state index is 1.14. The maximum Gasteiger partial charge on any atom is 0.0547 e. The minimum Gasteiger partial charge on any atom is -0.309 e. The molecule has 284 valence electrons. The van der Waals surface area contributed by atoms with Gasteiger partial charge in [-0.2, -0.15) is 0 Å². The Morgan fingerprint density at radius 1 is 0.361 bits per heavy atom. The SMILES string of the molecule is C1=Cc2c(sc3ccc4cc5c(cc4c23)c2ccccc2n5-c2ccc3c(c2)sc2cc(-n4c5ccccc5c5cc6c(ccc7sc8ccccc8c76)cc54)ccc23)CC1. The molecule has 0 N–H and O–H groups in total. The third kappa shape index (κ3) is 4.45. The Morgan fingerprint density at radius 2 is 0.918 bits per heavy atom. The van der Waals surface area contributed by atoms with Gasteiger partial charge in [0.15, 0.2) is 0 Å². The Bertz CT molecular complexity index is 4290. The normalized spacial score (nSPS) is 13.4. The van der Waals surface area contributed by atoms with E-state index in [9.17, 15) is 0 Å². The molecule has 0 fully saturated rings. The first-order valence-corrected chi connectivity index (χ1v) is 23.5. The summed E-state index contributed by atoms with van der Waals surface area (Å²) < 4.78 is 11.6. The van der Waals surface area contributed by atoms with Crippen LogP contribution in [-0.2, 0) is 6.42 Å². The van der Waals surface area contributed by atoms with Crippen molar-refractivity contribution in [2.75, 3.05) is 0 Å². The van der Waals surface area contributed by atoms with Gasteiger partial charge in [-0.15, -0.1) is 34.0 Å². The van der Waals surface area contributed by atoms with Gasteiger partial charge >= 0.3 is 0 Å². The molecule has 0 unspecified atom stereocenters. The van der Waals surface area contributed by atoms with Crippen molar-refractivity contribution in [3.63, 3.8) is 0 Å². The Balaban J connectivity index is 0.913. The molecule has 14 aromatic rings. The summed E-state index contributed by atoms with van der Waals surface area (Å²) in [4.78, 5) is 1.52. The lowest BCUT2D eigenvalue weighted by molar-refractivity contribution is 1.02. The molecule has 0 aliphatic heterocycles. The Morgan fingerprint density at radius 3 is 1.57 bits per heavy atom. The monoisotopic (exact) mass is 828 g/mol. The molecule has 0 bridgehead atoms. The van der Waals surface area contributed by atoms with E-state index in [4.69, 9.17) is 0 Å². The fraction of sp³-hybridized carbons (Fsp3) is 0.0357. The number of thiophene rings is 3. The third-order valence-electron chi connectivity index (χ3n) is 13.5. The first kappa shape index (κ1) is 33.0. The van der Waals surface area contributed by atoms with Crippen LogP contribution in [0, 0.1) is 0 Å². The molecular formula is C56H32N2S3. The van der Waals surface area contributed by atoms with E-state index in [0.717, 1.165) is 12.8 Å². The third-order valence-corrected chi connectivity index (χ3v) is 17.0. The minimum absolute atomic E-state index is 1.14. The lowest BCUT2D eigenvalue weighted by Crippen LogP contribution is -1.93. The number of hydrogen-bond donors (Lipinski definition) is 0. The second-order valence-electron chi connectivity index (χ2n) is 16.7. The first-order chi connectivity index (χ1) is 30.2. The zero-order valence-electron chi connectivity index (χ0n) is 32.7. The molecule has 0 radical (unpaired) electrons. The van der Waals surface area contributed by atoms with Crippen LogP contribution in [0.15, 0.2) is 164 Å². The van der Waals surface area contributed by atoms with Gasteiger partial charge < -0.3 is 9.13 Å². The molecule has 0 saturated carbocycles. The highest BCUT2D eigenvalue weighted by Gasteiger charge is 2.20.